The quantitative estimate of drug-likeness (QED) is 0.695. The lowest BCUT2D eigenvalue weighted by Crippen LogP contribution is -2.58. The number of hydrogen-bond acceptors (Lipinski definition) is 5. The van der Waals surface area contributed by atoms with Gasteiger partial charge < -0.3 is 5.11 Å². The third-order valence-corrected chi connectivity index (χ3v) is 11.5. The maximum atomic E-state index is 13.5. The molecule has 0 aromatic carbocycles. The van der Waals surface area contributed by atoms with Crippen LogP contribution in [0.4, 0.5) is 0 Å². The molecule has 0 spiro atoms. The molecule has 1 aromatic heterocycles. The summed E-state index contributed by atoms with van der Waals surface area (Å²) in [6, 6.07) is 0. The lowest BCUT2D eigenvalue weighted by Gasteiger charge is -2.63. The summed E-state index contributed by atoms with van der Waals surface area (Å²) in [6.45, 7) is 6.52. The second kappa shape index (κ2) is 7.60. The molecule has 0 bridgehead atoms. The molecule has 5 saturated carbocycles. The van der Waals surface area contributed by atoms with Gasteiger partial charge in [0.15, 0.2) is 11.6 Å². The standard InChI is InChI=1S/C27H42N4O2/c1-4-26-12-11-22-20(8-7-19-15-25(3,33)13-14-27(19,22)18-5-6-18)21(26)9-10-23(26)24(32)16-31-29-17(2)28-30-31/h18-23,33H,4-16H2,1-3H3/t19-,20+,21+,22+,23-,25-,26+,27-/m1/s1. The number of aryl methyl sites for hydroxylation is 1. The maximum Gasteiger partial charge on any atom is 0.171 e. The molecule has 182 valence electrons. The van der Waals surface area contributed by atoms with E-state index in [2.05, 4.69) is 29.3 Å². The Morgan fingerprint density at radius 1 is 1.03 bits per heavy atom. The number of Topliss-reactive ketones (excluding diaryl/α,β-unsaturated/α-hetero) is 1. The van der Waals surface area contributed by atoms with Crippen LogP contribution in [0.1, 0.15) is 96.7 Å². The first-order valence-electron chi connectivity index (χ1n) is 13.8. The number of rotatable bonds is 5. The Labute approximate surface area is 198 Å². The molecule has 0 saturated heterocycles. The van der Waals surface area contributed by atoms with E-state index in [1.165, 1.54) is 56.2 Å². The third-order valence-electron chi connectivity index (χ3n) is 11.5. The average Bonchev–Trinajstić information content (AvgIpc) is 3.45. The van der Waals surface area contributed by atoms with Crippen LogP contribution in [0.2, 0.25) is 0 Å². The first-order valence-corrected chi connectivity index (χ1v) is 13.8. The van der Waals surface area contributed by atoms with Gasteiger partial charge in [0.1, 0.15) is 6.54 Å². The van der Waals surface area contributed by atoms with E-state index in [0.717, 1.165) is 43.4 Å². The van der Waals surface area contributed by atoms with Gasteiger partial charge in [0.2, 0.25) is 0 Å². The predicted molar refractivity (Wildman–Crippen MR) is 125 cm³/mol. The third kappa shape index (κ3) is 3.29. The number of aliphatic hydroxyl groups is 1. The number of fused-ring (bicyclic) bond motifs is 5. The number of carbonyl (C=O) groups excluding carboxylic acids is 1. The molecule has 6 rings (SSSR count). The molecule has 1 aromatic rings. The van der Waals surface area contributed by atoms with Crippen molar-refractivity contribution in [3.8, 4) is 0 Å². The zero-order valence-electron chi connectivity index (χ0n) is 20.8. The van der Waals surface area contributed by atoms with Gasteiger partial charge in [0, 0.05) is 5.92 Å². The van der Waals surface area contributed by atoms with Crippen LogP contribution in [0.5, 0.6) is 0 Å². The Bertz CT molecular complexity index is 923. The normalized spacial score (nSPS) is 47.0. The smallest absolute Gasteiger partial charge is 0.171 e. The molecule has 0 amide bonds. The lowest BCUT2D eigenvalue weighted by molar-refractivity contribution is -0.168. The molecule has 1 N–H and O–H groups in total. The van der Waals surface area contributed by atoms with Gasteiger partial charge in [-0.2, -0.15) is 4.80 Å². The van der Waals surface area contributed by atoms with Crippen LogP contribution in [-0.2, 0) is 11.3 Å². The largest absolute Gasteiger partial charge is 0.390 e. The highest BCUT2D eigenvalue weighted by atomic mass is 16.3. The van der Waals surface area contributed by atoms with Gasteiger partial charge in [-0.1, -0.05) is 6.92 Å². The first-order chi connectivity index (χ1) is 15.8. The van der Waals surface area contributed by atoms with E-state index in [1.807, 2.05) is 6.92 Å². The molecule has 5 aliphatic carbocycles. The first kappa shape index (κ1) is 22.2. The van der Waals surface area contributed by atoms with Gasteiger partial charge in [-0.05, 0) is 137 Å². The van der Waals surface area contributed by atoms with Gasteiger partial charge >= 0.3 is 0 Å². The molecular weight excluding hydrogens is 412 g/mol. The molecule has 6 heteroatoms. The van der Waals surface area contributed by atoms with E-state index in [9.17, 15) is 9.90 Å². The van der Waals surface area contributed by atoms with Crippen LogP contribution < -0.4 is 0 Å². The van der Waals surface area contributed by atoms with Gasteiger partial charge in [-0.3, -0.25) is 4.79 Å². The molecule has 1 heterocycles. The Balaban J connectivity index is 1.27. The minimum Gasteiger partial charge on any atom is -0.390 e. The fraction of sp³-hybridized carbons (Fsp3) is 0.926. The summed E-state index contributed by atoms with van der Waals surface area (Å²) < 4.78 is 0. The Kier molecular flexibility index (Phi) is 5.11. The van der Waals surface area contributed by atoms with Gasteiger partial charge in [0.25, 0.3) is 0 Å². The highest BCUT2D eigenvalue weighted by Crippen LogP contribution is 2.73. The van der Waals surface area contributed by atoms with Crippen molar-refractivity contribution in [3.05, 3.63) is 5.82 Å². The maximum absolute atomic E-state index is 13.5. The zero-order chi connectivity index (χ0) is 23.0. The van der Waals surface area contributed by atoms with E-state index in [-0.39, 0.29) is 17.9 Å². The summed E-state index contributed by atoms with van der Waals surface area (Å²) in [5, 5.41) is 23.2. The van der Waals surface area contributed by atoms with Crippen molar-refractivity contribution in [1.82, 2.24) is 20.2 Å². The highest BCUT2D eigenvalue weighted by Gasteiger charge is 2.66. The Morgan fingerprint density at radius 2 is 1.82 bits per heavy atom. The average molecular weight is 455 g/mol. The monoisotopic (exact) mass is 454 g/mol. The van der Waals surface area contributed by atoms with Crippen molar-refractivity contribution in [2.24, 2.45) is 46.3 Å². The number of nitrogens with zero attached hydrogens (tertiary/aromatic N) is 4. The number of ketones is 1. The van der Waals surface area contributed by atoms with E-state index in [4.69, 9.17) is 0 Å². The van der Waals surface area contributed by atoms with Crippen molar-refractivity contribution in [3.63, 3.8) is 0 Å². The van der Waals surface area contributed by atoms with Crippen molar-refractivity contribution < 1.29 is 9.90 Å². The highest BCUT2D eigenvalue weighted by molar-refractivity contribution is 5.82. The van der Waals surface area contributed by atoms with E-state index in [0.29, 0.717) is 28.9 Å². The van der Waals surface area contributed by atoms with Crippen LogP contribution in [0.15, 0.2) is 0 Å². The summed E-state index contributed by atoms with van der Waals surface area (Å²) in [4.78, 5) is 15.0. The van der Waals surface area contributed by atoms with Crippen LogP contribution in [0.25, 0.3) is 0 Å². The zero-order valence-corrected chi connectivity index (χ0v) is 20.8. The van der Waals surface area contributed by atoms with Crippen LogP contribution >= 0.6 is 0 Å². The summed E-state index contributed by atoms with van der Waals surface area (Å²) >= 11 is 0. The van der Waals surface area contributed by atoms with Crippen molar-refractivity contribution >= 4 is 5.78 Å². The van der Waals surface area contributed by atoms with E-state index in [1.54, 1.807) is 0 Å². The molecule has 0 unspecified atom stereocenters. The van der Waals surface area contributed by atoms with Gasteiger partial charge in [0.05, 0.1) is 5.60 Å². The molecule has 6 nitrogen and oxygen atoms in total. The molecule has 5 aliphatic rings. The predicted octanol–water partition coefficient (Wildman–Crippen LogP) is 4.74. The van der Waals surface area contributed by atoms with Crippen LogP contribution in [-0.4, -0.2) is 36.7 Å². The van der Waals surface area contributed by atoms with Gasteiger partial charge in [-0.15, -0.1) is 10.2 Å². The molecule has 8 atom stereocenters. The topological polar surface area (TPSA) is 80.9 Å². The Morgan fingerprint density at radius 3 is 2.52 bits per heavy atom. The summed E-state index contributed by atoms with van der Waals surface area (Å²) in [7, 11) is 0. The van der Waals surface area contributed by atoms with Gasteiger partial charge in [-0.25, -0.2) is 0 Å². The second-order valence-electron chi connectivity index (χ2n) is 12.8. The van der Waals surface area contributed by atoms with E-state index >= 15 is 0 Å². The van der Waals surface area contributed by atoms with Crippen molar-refractivity contribution in [2.75, 3.05) is 0 Å². The van der Waals surface area contributed by atoms with Crippen LogP contribution in [0.3, 0.4) is 0 Å². The Hall–Kier alpha value is -1.30. The number of tetrazole rings is 1. The lowest BCUT2D eigenvalue weighted by atomic mass is 9.41. The number of hydrogen-bond donors (Lipinski definition) is 1. The minimum atomic E-state index is -0.462. The molecule has 0 aliphatic heterocycles. The summed E-state index contributed by atoms with van der Waals surface area (Å²) in [6.07, 6.45) is 14.6. The molecule has 0 radical (unpaired) electrons. The van der Waals surface area contributed by atoms with Crippen LogP contribution in [0, 0.1) is 53.3 Å². The minimum absolute atomic E-state index is 0.154. The fourth-order valence-electron chi connectivity index (χ4n) is 10.2. The molecule has 5 fully saturated rings. The van der Waals surface area contributed by atoms with Crippen molar-refractivity contribution in [1.29, 1.82) is 0 Å². The summed E-state index contributed by atoms with van der Waals surface area (Å²) in [5.74, 6) is 5.02. The van der Waals surface area contributed by atoms with E-state index < -0.39 is 5.60 Å². The number of carbonyl (C=O) groups is 1. The second-order valence-corrected chi connectivity index (χ2v) is 12.8. The molecule has 33 heavy (non-hydrogen) atoms. The molecular formula is C27H42N4O2. The summed E-state index contributed by atoms with van der Waals surface area (Å²) in [5.41, 5.74) is 0.192. The SMILES string of the molecule is CC[C@]12CC[C@H]3[C@@H](CC[C@@H]4C[C@](C)(O)CC[C@@]43C3CC3)[C@@H]1CC[C@@H]2C(=O)Cn1nnc(C)n1. The fourth-order valence-corrected chi connectivity index (χ4v) is 10.2. The van der Waals surface area contributed by atoms with Crippen molar-refractivity contribution in [2.45, 2.75) is 110 Å². The number of aromatic nitrogens is 4.